The van der Waals surface area contributed by atoms with E-state index >= 15 is 0 Å². The topological polar surface area (TPSA) is 93.3 Å². The molecule has 2 fully saturated rings. The van der Waals surface area contributed by atoms with Crippen molar-refractivity contribution in [2.75, 3.05) is 64.7 Å². The van der Waals surface area contributed by atoms with Gasteiger partial charge in [0.05, 0.1) is 0 Å². The molecule has 1 aromatic carbocycles. The summed E-state index contributed by atoms with van der Waals surface area (Å²) in [5.41, 5.74) is 1.15. The second-order valence-corrected chi connectivity index (χ2v) is 9.09. The van der Waals surface area contributed by atoms with E-state index in [4.69, 9.17) is 0 Å². The maximum absolute atomic E-state index is 12.8. The number of rotatable bonds is 4. The van der Waals surface area contributed by atoms with Gasteiger partial charge in [0, 0.05) is 70.5 Å². The normalized spacial score (nSPS) is 20.1. The van der Waals surface area contributed by atoms with Crippen molar-refractivity contribution in [1.29, 1.82) is 0 Å². The molecule has 0 aliphatic carbocycles. The van der Waals surface area contributed by atoms with Crippen molar-refractivity contribution in [3.63, 3.8) is 0 Å². The van der Waals surface area contributed by atoms with Crippen LogP contribution in [0.1, 0.15) is 17.3 Å². The van der Waals surface area contributed by atoms with E-state index in [-0.39, 0.29) is 11.8 Å². The van der Waals surface area contributed by atoms with Crippen molar-refractivity contribution in [1.82, 2.24) is 18.4 Å². The molecular weight excluding hydrogens is 382 g/mol. The van der Waals surface area contributed by atoms with Crippen molar-refractivity contribution in [2.24, 2.45) is 0 Å². The Bertz CT molecular complexity index is 811. The molecule has 0 unspecified atom stereocenters. The van der Waals surface area contributed by atoms with Gasteiger partial charge in [-0.2, -0.15) is 17.0 Å². The van der Waals surface area contributed by atoms with Crippen LogP contribution in [-0.4, -0.2) is 98.0 Å². The van der Waals surface area contributed by atoms with Gasteiger partial charge in [-0.15, -0.1) is 0 Å². The highest BCUT2D eigenvalue weighted by atomic mass is 32.2. The number of amides is 2. The van der Waals surface area contributed by atoms with Crippen LogP contribution in [0.4, 0.5) is 5.69 Å². The highest BCUT2D eigenvalue weighted by Crippen LogP contribution is 2.17. The highest BCUT2D eigenvalue weighted by molar-refractivity contribution is 7.86. The minimum Gasteiger partial charge on any atom is -0.336 e. The van der Waals surface area contributed by atoms with E-state index in [0.29, 0.717) is 50.5 Å². The minimum absolute atomic E-state index is 0.133. The fourth-order valence-corrected chi connectivity index (χ4v) is 4.96. The molecule has 2 heterocycles. The van der Waals surface area contributed by atoms with Gasteiger partial charge in [-0.25, -0.2) is 0 Å². The van der Waals surface area contributed by atoms with E-state index in [1.165, 1.54) is 15.5 Å². The molecule has 0 spiro atoms. The Balaban J connectivity index is 1.57. The molecule has 2 aliphatic rings. The highest BCUT2D eigenvalue weighted by Gasteiger charge is 2.34. The van der Waals surface area contributed by atoms with E-state index in [1.807, 2.05) is 7.05 Å². The third-order valence-electron chi connectivity index (χ3n) is 5.09. The molecular formula is C18H27N5O4S. The van der Waals surface area contributed by atoms with Gasteiger partial charge in [0.25, 0.3) is 16.1 Å². The van der Waals surface area contributed by atoms with Crippen LogP contribution in [0.15, 0.2) is 24.3 Å². The van der Waals surface area contributed by atoms with E-state index < -0.39 is 10.2 Å². The zero-order valence-electron chi connectivity index (χ0n) is 16.3. The summed E-state index contributed by atoms with van der Waals surface area (Å²) in [5, 5.41) is 2.66. The van der Waals surface area contributed by atoms with Crippen LogP contribution in [0.5, 0.6) is 0 Å². The summed E-state index contributed by atoms with van der Waals surface area (Å²) in [4.78, 5) is 27.5. The van der Waals surface area contributed by atoms with E-state index in [9.17, 15) is 18.0 Å². The average molecular weight is 410 g/mol. The van der Waals surface area contributed by atoms with Crippen molar-refractivity contribution in [2.45, 2.75) is 6.92 Å². The zero-order valence-corrected chi connectivity index (χ0v) is 17.1. The summed E-state index contributed by atoms with van der Waals surface area (Å²) in [5.74, 6) is -0.303. The van der Waals surface area contributed by atoms with E-state index in [0.717, 1.165) is 13.1 Å². The van der Waals surface area contributed by atoms with E-state index in [2.05, 4.69) is 10.2 Å². The molecule has 0 atom stereocenters. The Morgan fingerprint density at radius 1 is 0.857 bits per heavy atom. The number of hydrogen-bond acceptors (Lipinski definition) is 5. The summed E-state index contributed by atoms with van der Waals surface area (Å²) in [6.07, 6.45) is 0. The summed E-state index contributed by atoms with van der Waals surface area (Å²) >= 11 is 0. The maximum Gasteiger partial charge on any atom is 0.282 e. The lowest BCUT2D eigenvalue weighted by Crippen LogP contribution is -2.57. The molecule has 0 bridgehead atoms. The van der Waals surface area contributed by atoms with Crippen molar-refractivity contribution in [3.8, 4) is 0 Å². The number of nitrogens with one attached hydrogen (secondary N) is 1. The lowest BCUT2D eigenvalue weighted by Gasteiger charge is -2.39. The number of anilines is 1. The molecule has 1 N–H and O–H groups in total. The molecule has 2 saturated heterocycles. The molecule has 1 aromatic rings. The third kappa shape index (κ3) is 4.69. The van der Waals surface area contributed by atoms with Crippen molar-refractivity contribution >= 4 is 27.7 Å². The number of piperazine rings is 2. The van der Waals surface area contributed by atoms with Gasteiger partial charge in [-0.1, -0.05) is 0 Å². The predicted molar refractivity (Wildman–Crippen MR) is 106 cm³/mol. The molecule has 9 nitrogen and oxygen atoms in total. The Hall–Kier alpha value is -2.01. The number of likely N-dealkylation sites (N-methyl/N-ethyl adjacent to an activating group) is 1. The second kappa shape index (κ2) is 8.56. The molecule has 0 aromatic heterocycles. The summed E-state index contributed by atoms with van der Waals surface area (Å²) in [7, 11) is -1.49. The van der Waals surface area contributed by atoms with Crippen LogP contribution < -0.4 is 5.32 Å². The Morgan fingerprint density at radius 2 is 1.36 bits per heavy atom. The Morgan fingerprint density at radius 3 is 1.86 bits per heavy atom. The number of nitrogens with zero attached hydrogens (tertiary/aromatic N) is 4. The standard InChI is InChI=1S/C18H27N5O4S/c1-15(24)19-17-5-3-16(4-6-17)18(25)21-9-13-23(14-10-21)28(26,27)22-11-7-20(2)8-12-22/h3-6H,7-14H2,1-2H3,(H,19,24). The Kier molecular flexibility index (Phi) is 6.33. The first-order valence-electron chi connectivity index (χ1n) is 9.38. The summed E-state index contributed by atoms with van der Waals surface area (Å²) < 4.78 is 28.6. The van der Waals surface area contributed by atoms with Crippen molar-refractivity contribution < 1.29 is 18.0 Å². The molecule has 10 heteroatoms. The molecule has 28 heavy (non-hydrogen) atoms. The molecule has 154 valence electrons. The number of carbonyl (C=O) groups excluding carboxylic acids is 2. The quantitative estimate of drug-likeness (QED) is 0.749. The number of benzene rings is 1. The first kappa shape index (κ1) is 20.7. The van der Waals surface area contributed by atoms with Crippen LogP contribution in [0.25, 0.3) is 0 Å². The molecule has 2 amide bonds. The number of carbonyl (C=O) groups is 2. The average Bonchev–Trinajstić information content (AvgIpc) is 2.68. The van der Waals surface area contributed by atoms with Gasteiger partial charge >= 0.3 is 0 Å². The van der Waals surface area contributed by atoms with Gasteiger partial charge in [-0.05, 0) is 31.3 Å². The Labute approximate surface area is 166 Å². The lowest BCUT2D eigenvalue weighted by atomic mass is 10.1. The predicted octanol–water partition coefficient (Wildman–Crippen LogP) is -0.105. The SMILES string of the molecule is CC(=O)Nc1ccc(C(=O)N2CCN(S(=O)(=O)N3CCN(C)CC3)CC2)cc1. The first-order chi connectivity index (χ1) is 13.3. The van der Waals surface area contributed by atoms with Crippen LogP contribution in [0, 0.1) is 0 Å². The lowest BCUT2D eigenvalue weighted by molar-refractivity contribution is -0.114. The van der Waals surface area contributed by atoms with Crippen LogP contribution >= 0.6 is 0 Å². The van der Waals surface area contributed by atoms with Gasteiger partial charge in [-0.3, -0.25) is 9.59 Å². The van der Waals surface area contributed by atoms with E-state index in [1.54, 1.807) is 29.2 Å². The molecule has 2 aliphatic heterocycles. The number of hydrogen-bond donors (Lipinski definition) is 1. The van der Waals surface area contributed by atoms with Crippen molar-refractivity contribution in [3.05, 3.63) is 29.8 Å². The largest absolute Gasteiger partial charge is 0.336 e. The monoisotopic (exact) mass is 409 g/mol. The molecule has 0 radical (unpaired) electrons. The zero-order chi connectivity index (χ0) is 20.3. The first-order valence-corrected chi connectivity index (χ1v) is 10.8. The summed E-state index contributed by atoms with van der Waals surface area (Å²) in [6.45, 7) is 5.19. The maximum atomic E-state index is 12.8. The molecule has 0 saturated carbocycles. The smallest absolute Gasteiger partial charge is 0.282 e. The minimum atomic E-state index is -3.48. The fraction of sp³-hybridized carbons (Fsp3) is 0.556. The van der Waals surface area contributed by atoms with Crippen LogP contribution in [0.2, 0.25) is 0 Å². The molecule has 3 rings (SSSR count). The van der Waals surface area contributed by atoms with Gasteiger partial charge in [0.1, 0.15) is 0 Å². The second-order valence-electron chi connectivity index (χ2n) is 7.16. The summed E-state index contributed by atoms with van der Waals surface area (Å²) in [6, 6.07) is 6.70. The van der Waals surface area contributed by atoms with Crippen LogP contribution in [0.3, 0.4) is 0 Å². The van der Waals surface area contributed by atoms with Crippen LogP contribution in [-0.2, 0) is 15.0 Å². The fourth-order valence-electron chi connectivity index (χ4n) is 3.39. The van der Waals surface area contributed by atoms with Gasteiger partial charge in [0.15, 0.2) is 0 Å². The van der Waals surface area contributed by atoms with Gasteiger partial charge < -0.3 is 15.1 Å². The third-order valence-corrected chi connectivity index (χ3v) is 7.13. The van der Waals surface area contributed by atoms with Gasteiger partial charge in [0.2, 0.25) is 5.91 Å².